The molecule has 2 rings (SSSR count). The first-order valence-corrected chi connectivity index (χ1v) is 7.70. The number of para-hydroxylation sites is 1. The fourth-order valence-corrected chi connectivity index (χ4v) is 2.85. The predicted molar refractivity (Wildman–Crippen MR) is 81.8 cm³/mol. The molecule has 2 amide bonds. The number of thioether (sulfide) groups is 1. The minimum Gasteiger partial charge on any atom is -0.373 e. The van der Waals surface area contributed by atoms with E-state index in [1.807, 2.05) is 37.4 Å². The Balaban J connectivity index is 1.68. The van der Waals surface area contributed by atoms with Crippen LogP contribution in [0.5, 0.6) is 0 Å². The SMILES string of the molecule is CN(CCNC(=O)CN1CSCC1=O)c1ccccc1. The molecule has 1 aromatic carbocycles. The minimum absolute atomic E-state index is 0.0477. The van der Waals surface area contributed by atoms with Gasteiger partial charge in [0, 0.05) is 25.8 Å². The number of nitrogens with zero attached hydrogens (tertiary/aromatic N) is 2. The lowest BCUT2D eigenvalue weighted by atomic mass is 10.3. The van der Waals surface area contributed by atoms with Gasteiger partial charge in [-0.15, -0.1) is 11.8 Å². The van der Waals surface area contributed by atoms with E-state index in [0.717, 1.165) is 12.2 Å². The lowest BCUT2D eigenvalue weighted by Gasteiger charge is -2.20. The maximum Gasteiger partial charge on any atom is 0.239 e. The highest BCUT2D eigenvalue weighted by atomic mass is 32.2. The Kier molecular flexibility index (Phi) is 5.29. The van der Waals surface area contributed by atoms with E-state index in [2.05, 4.69) is 10.2 Å². The van der Waals surface area contributed by atoms with Gasteiger partial charge < -0.3 is 15.1 Å². The van der Waals surface area contributed by atoms with Crippen LogP contribution in [0.1, 0.15) is 0 Å². The Hall–Kier alpha value is -1.69. The van der Waals surface area contributed by atoms with E-state index in [-0.39, 0.29) is 18.4 Å². The smallest absolute Gasteiger partial charge is 0.239 e. The Labute approximate surface area is 123 Å². The molecular weight excluding hydrogens is 274 g/mol. The van der Waals surface area contributed by atoms with Crippen molar-refractivity contribution < 1.29 is 9.59 Å². The molecule has 0 aromatic heterocycles. The summed E-state index contributed by atoms with van der Waals surface area (Å²) in [5, 5.41) is 2.85. The average molecular weight is 293 g/mol. The lowest BCUT2D eigenvalue weighted by molar-refractivity contribution is -0.132. The van der Waals surface area contributed by atoms with Crippen LogP contribution in [0.15, 0.2) is 30.3 Å². The molecule has 6 heteroatoms. The molecule has 20 heavy (non-hydrogen) atoms. The van der Waals surface area contributed by atoms with Gasteiger partial charge in [0.1, 0.15) is 6.54 Å². The van der Waals surface area contributed by atoms with E-state index in [0.29, 0.717) is 18.2 Å². The first kappa shape index (κ1) is 14.7. The predicted octanol–water partition coefficient (Wildman–Crippen LogP) is 0.772. The van der Waals surface area contributed by atoms with Crippen molar-refractivity contribution in [2.24, 2.45) is 0 Å². The number of hydrogen-bond acceptors (Lipinski definition) is 4. The van der Waals surface area contributed by atoms with E-state index >= 15 is 0 Å². The van der Waals surface area contributed by atoms with E-state index in [1.54, 1.807) is 16.7 Å². The summed E-state index contributed by atoms with van der Waals surface area (Å²) in [7, 11) is 1.99. The number of carbonyl (C=O) groups is 2. The first-order chi connectivity index (χ1) is 9.66. The van der Waals surface area contributed by atoms with Crippen molar-refractivity contribution in [1.29, 1.82) is 0 Å². The number of nitrogens with one attached hydrogen (secondary N) is 1. The maximum atomic E-state index is 11.7. The number of benzene rings is 1. The highest BCUT2D eigenvalue weighted by molar-refractivity contribution is 8.00. The van der Waals surface area contributed by atoms with Crippen LogP contribution in [0, 0.1) is 0 Å². The highest BCUT2D eigenvalue weighted by Gasteiger charge is 2.22. The maximum absolute atomic E-state index is 11.7. The van der Waals surface area contributed by atoms with Crippen molar-refractivity contribution >= 4 is 29.3 Å². The van der Waals surface area contributed by atoms with Crippen LogP contribution in [-0.4, -0.2) is 55.0 Å². The topological polar surface area (TPSA) is 52.7 Å². The third kappa shape index (κ3) is 4.16. The van der Waals surface area contributed by atoms with Crippen LogP contribution in [0.2, 0.25) is 0 Å². The summed E-state index contributed by atoms with van der Waals surface area (Å²) in [5.74, 6) is 1.06. The largest absolute Gasteiger partial charge is 0.373 e. The monoisotopic (exact) mass is 293 g/mol. The van der Waals surface area contributed by atoms with E-state index < -0.39 is 0 Å². The molecule has 1 aliphatic heterocycles. The Morgan fingerprint density at radius 3 is 2.80 bits per heavy atom. The molecule has 108 valence electrons. The number of carbonyl (C=O) groups excluding carboxylic acids is 2. The summed E-state index contributed by atoms with van der Waals surface area (Å²) in [4.78, 5) is 26.8. The van der Waals surface area contributed by atoms with Crippen molar-refractivity contribution in [2.75, 3.05) is 43.2 Å². The van der Waals surface area contributed by atoms with Gasteiger partial charge in [0.05, 0.1) is 11.6 Å². The van der Waals surface area contributed by atoms with E-state index in [1.165, 1.54) is 0 Å². The second kappa shape index (κ2) is 7.19. The summed E-state index contributed by atoms with van der Waals surface area (Å²) in [6.45, 7) is 1.47. The zero-order valence-corrected chi connectivity index (χ0v) is 12.4. The van der Waals surface area contributed by atoms with Crippen LogP contribution < -0.4 is 10.2 Å². The number of amides is 2. The van der Waals surface area contributed by atoms with Crippen LogP contribution in [0.25, 0.3) is 0 Å². The van der Waals surface area contributed by atoms with Gasteiger partial charge in [-0.3, -0.25) is 9.59 Å². The molecule has 0 spiro atoms. The third-order valence-electron chi connectivity index (χ3n) is 3.13. The molecule has 0 atom stereocenters. The molecule has 1 heterocycles. The molecule has 0 radical (unpaired) electrons. The fourth-order valence-electron chi connectivity index (χ4n) is 1.94. The Morgan fingerprint density at radius 2 is 2.15 bits per heavy atom. The molecule has 0 unspecified atom stereocenters. The second-order valence-corrected chi connectivity index (χ2v) is 5.63. The number of rotatable bonds is 6. The zero-order chi connectivity index (χ0) is 14.4. The number of likely N-dealkylation sites (N-methyl/N-ethyl adjacent to an activating group) is 1. The molecule has 1 saturated heterocycles. The fraction of sp³-hybridized carbons (Fsp3) is 0.429. The van der Waals surface area contributed by atoms with Gasteiger partial charge in [0.15, 0.2) is 0 Å². The van der Waals surface area contributed by atoms with E-state index in [4.69, 9.17) is 0 Å². The molecule has 1 fully saturated rings. The minimum atomic E-state index is -0.0951. The van der Waals surface area contributed by atoms with Gasteiger partial charge in [0.25, 0.3) is 0 Å². The van der Waals surface area contributed by atoms with Crippen LogP contribution in [0.4, 0.5) is 5.69 Å². The number of hydrogen-bond donors (Lipinski definition) is 1. The summed E-state index contributed by atoms with van der Waals surface area (Å²) in [5.41, 5.74) is 1.12. The van der Waals surface area contributed by atoms with Crippen molar-refractivity contribution in [3.8, 4) is 0 Å². The van der Waals surface area contributed by atoms with E-state index in [9.17, 15) is 9.59 Å². The number of anilines is 1. The van der Waals surface area contributed by atoms with Gasteiger partial charge in [-0.25, -0.2) is 0 Å². The summed E-state index contributed by atoms with van der Waals surface area (Å²) < 4.78 is 0. The van der Waals surface area contributed by atoms with Crippen molar-refractivity contribution in [2.45, 2.75) is 0 Å². The molecule has 1 aliphatic rings. The van der Waals surface area contributed by atoms with Gasteiger partial charge in [-0.05, 0) is 12.1 Å². The van der Waals surface area contributed by atoms with Crippen molar-refractivity contribution in [3.05, 3.63) is 30.3 Å². The van der Waals surface area contributed by atoms with Gasteiger partial charge in [0.2, 0.25) is 11.8 Å². The van der Waals surface area contributed by atoms with Crippen molar-refractivity contribution in [1.82, 2.24) is 10.2 Å². The quantitative estimate of drug-likeness (QED) is 0.842. The lowest BCUT2D eigenvalue weighted by Crippen LogP contribution is -2.40. The highest BCUT2D eigenvalue weighted by Crippen LogP contribution is 2.14. The van der Waals surface area contributed by atoms with Crippen LogP contribution in [-0.2, 0) is 9.59 Å². The first-order valence-electron chi connectivity index (χ1n) is 6.55. The molecule has 1 N–H and O–H groups in total. The molecule has 5 nitrogen and oxygen atoms in total. The van der Waals surface area contributed by atoms with Crippen molar-refractivity contribution in [3.63, 3.8) is 0 Å². The molecule has 0 aliphatic carbocycles. The normalized spacial score (nSPS) is 14.4. The summed E-state index contributed by atoms with van der Waals surface area (Å²) in [6, 6.07) is 10.0. The average Bonchev–Trinajstić information content (AvgIpc) is 2.85. The Morgan fingerprint density at radius 1 is 1.40 bits per heavy atom. The van der Waals surface area contributed by atoms with Crippen LogP contribution in [0.3, 0.4) is 0 Å². The second-order valence-electron chi connectivity index (χ2n) is 4.68. The summed E-state index contributed by atoms with van der Waals surface area (Å²) >= 11 is 1.55. The summed E-state index contributed by atoms with van der Waals surface area (Å²) in [6.07, 6.45) is 0. The molecule has 0 saturated carbocycles. The van der Waals surface area contributed by atoms with Gasteiger partial charge in [-0.1, -0.05) is 18.2 Å². The molecule has 0 bridgehead atoms. The van der Waals surface area contributed by atoms with Gasteiger partial charge >= 0.3 is 0 Å². The molecule has 1 aromatic rings. The van der Waals surface area contributed by atoms with Gasteiger partial charge in [-0.2, -0.15) is 0 Å². The van der Waals surface area contributed by atoms with Crippen LogP contribution >= 0.6 is 11.8 Å². The standard InChI is InChI=1S/C14H19N3O2S/c1-16(12-5-3-2-4-6-12)8-7-15-13(18)9-17-11-20-10-14(17)19/h2-6H,7-11H2,1H3,(H,15,18). The zero-order valence-electron chi connectivity index (χ0n) is 11.5. The Bertz CT molecular complexity index is 467. The third-order valence-corrected chi connectivity index (χ3v) is 4.07. The molecular formula is C14H19N3O2S.